The molecule has 1 aliphatic rings. The zero-order valence-electron chi connectivity index (χ0n) is 18.2. The number of nitrogens with zero attached hydrogens (tertiary/aromatic N) is 3. The van der Waals surface area contributed by atoms with Gasteiger partial charge in [-0.1, -0.05) is 12.1 Å². The Hall–Kier alpha value is -3.54. The summed E-state index contributed by atoms with van der Waals surface area (Å²) in [5, 5.41) is 0. The molecule has 1 aromatic carbocycles. The van der Waals surface area contributed by atoms with Crippen molar-refractivity contribution in [3.05, 3.63) is 71.7 Å². The van der Waals surface area contributed by atoms with E-state index in [4.69, 9.17) is 4.74 Å². The van der Waals surface area contributed by atoms with Crippen LogP contribution in [0.4, 0.5) is 0 Å². The molecule has 6 nitrogen and oxygen atoms in total. The second-order valence-electron chi connectivity index (χ2n) is 8.81. The van der Waals surface area contributed by atoms with Crippen LogP contribution < -0.4 is 0 Å². The summed E-state index contributed by atoms with van der Waals surface area (Å²) in [6.45, 7) is 6.18. The minimum Gasteiger partial charge on any atom is -0.460 e. The van der Waals surface area contributed by atoms with E-state index in [1.807, 2.05) is 64.3 Å². The monoisotopic (exact) mass is 415 g/mol. The van der Waals surface area contributed by atoms with Gasteiger partial charge in [-0.3, -0.25) is 19.6 Å². The number of aromatic nitrogens is 2. The number of hydrogen-bond acceptors (Lipinski definition) is 5. The van der Waals surface area contributed by atoms with Crippen molar-refractivity contribution in [2.45, 2.75) is 39.3 Å². The van der Waals surface area contributed by atoms with E-state index < -0.39 is 5.60 Å². The zero-order chi connectivity index (χ0) is 22.2. The van der Waals surface area contributed by atoms with E-state index in [2.05, 4.69) is 16.0 Å². The Morgan fingerprint density at radius 2 is 1.81 bits per heavy atom. The number of pyridine rings is 2. The van der Waals surface area contributed by atoms with Crippen LogP contribution in [0.3, 0.4) is 0 Å². The maximum Gasteiger partial charge on any atom is 0.310 e. The van der Waals surface area contributed by atoms with Crippen molar-refractivity contribution in [1.82, 2.24) is 14.9 Å². The van der Waals surface area contributed by atoms with Crippen molar-refractivity contribution in [3.8, 4) is 22.4 Å². The molecule has 2 aromatic heterocycles. The summed E-state index contributed by atoms with van der Waals surface area (Å²) in [6, 6.07) is 11.7. The number of benzene rings is 1. The molecule has 0 radical (unpaired) electrons. The largest absolute Gasteiger partial charge is 0.460 e. The second-order valence-corrected chi connectivity index (χ2v) is 8.81. The average Bonchev–Trinajstić information content (AvgIpc) is 3.00. The van der Waals surface area contributed by atoms with Gasteiger partial charge < -0.3 is 9.64 Å². The Bertz CT molecular complexity index is 1150. The predicted molar refractivity (Wildman–Crippen MR) is 118 cm³/mol. The molecule has 0 aliphatic carbocycles. The molecule has 0 atom stereocenters. The van der Waals surface area contributed by atoms with Crippen LogP contribution in [0.5, 0.6) is 0 Å². The van der Waals surface area contributed by atoms with Gasteiger partial charge >= 0.3 is 5.97 Å². The smallest absolute Gasteiger partial charge is 0.310 e. The van der Waals surface area contributed by atoms with E-state index in [9.17, 15) is 9.59 Å². The van der Waals surface area contributed by atoms with Gasteiger partial charge in [-0.05, 0) is 61.7 Å². The highest BCUT2D eigenvalue weighted by Crippen LogP contribution is 2.28. The fourth-order valence-corrected chi connectivity index (χ4v) is 3.65. The van der Waals surface area contributed by atoms with E-state index in [-0.39, 0.29) is 18.3 Å². The highest BCUT2D eigenvalue weighted by Gasteiger charge is 2.24. The summed E-state index contributed by atoms with van der Waals surface area (Å²) in [6.07, 6.45) is 5.39. The highest BCUT2D eigenvalue weighted by molar-refractivity contribution is 5.98. The number of carbonyl (C=O) groups is 2. The second kappa shape index (κ2) is 7.95. The fraction of sp³-hybridized carbons (Fsp3) is 0.280. The summed E-state index contributed by atoms with van der Waals surface area (Å²) in [7, 11) is 1.81. The Labute approximate surface area is 181 Å². The molecule has 158 valence electrons. The van der Waals surface area contributed by atoms with Crippen molar-refractivity contribution in [3.63, 3.8) is 0 Å². The molecule has 31 heavy (non-hydrogen) atoms. The molecule has 1 amide bonds. The number of ether oxygens (including phenoxy) is 1. The lowest BCUT2D eigenvalue weighted by Crippen LogP contribution is -2.24. The first-order valence-corrected chi connectivity index (χ1v) is 10.2. The standard InChI is InChI=1S/C25H25N3O3/c1-25(2,3)31-23(29)10-16-9-19(13-26-12-16)22-8-6-18(14-27-22)17-5-7-21-20(11-17)15-28(4)24(21)30/h5-9,11-14H,10,15H2,1-4H3. The SMILES string of the molecule is CN1Cc2cc(-c3ccc(-c4cncc(CC(=O)OC(C)(C)C)c4)nc3)ccc2C1=O. The summed E-state index contributed by atoms with van der Waals surface area (Å²) in [5.74, 6) is -0.218. The molecule has 0 unspecified atom stereocenters. The van der Waals surface area contributed by atoms with Gasteiger partial charge in [0.25, 0.3) is 5.91 Å². The van der Waals surface area contributed by atoms with Gasteiger partial charge in [-0.2, -0.15) is 0 Å². The van der Waals surface area contributed by atoms with Crippen LogP contribution in [0.2, 0.25) is 0 Å². The van der Waals surface area contributed by atoms with Gasteiger partial charge in [0.1, 0.15) is 5.60 Å². The third-order valence-electron chi connectivity index (χ3n) is 5.05. The molecule has 0 saturated heterocycles. The topological polar surface area (TPSA) is 72.4 Å². The lowest BCUT2D eigenvalue weighted by Gasteiger charge is -2.19. The normalized spacial score (nSPS) is 13.3. The summed E-state index contributed by atoms with van der Waals surface area (Å²) < 4.78 is 5.39. The van der Waals surface area contributed by atoms with Crippen LogP contribution in [-0.2, 0) is 22.5 Å². The van der Waals surface area contributed by atoms with E-state index in [0.717, 1.165) is 39.1 Å². The molecule has 3 heterocycles. The number of esters is 1. The predicted octanol–water partition coefficient (Wildman–Crippen LogP) is 4.28. The Kier molecular flexibility index (Phi) is 5.31. The van der Waals surface area contributed by atoms with Crippen molar-refractivity contribution < 1.29 is 14.3 Å². The van der Waals surface area contributed by atoms with Crippen molar-refractivity contribution >= 4 is 11.9 Å². The molecule has 0 fully saturated rings. The highest BCUT2D eigenvalue weighted by atomic mass is 16.6. The maximum absolute atomic E-state index is 12.1. The number of rotatable bonds is 4. The molecular weight excluding hydrogens is 390 g/mol. The van der Waals surface area contributed by atoms with Crippen LogP contribution in [0, 0.1) is 0 Å². The number of carbonyl (C=O) groups excluding carboxylic acids is 2. The molecule has 0 saturated carbocycles. The fourth-order valence-electron chi connectivity index (χ4n) is 3.65. The van der Waals surface area contributed by atoms with Gasteiger partial charge in [0.2, 0.25) is 0 Å². The Morgan fingerprint density at radius 3 is 2.52 bits per heavy atom. The molecular formula is C25H25N3O3. The van der Waals surface area contributed by atoms with Gasteiger partial charge in [-0.25, -0.2) is 0 Å². The van der Waals surface area contributed by atoms with Gasteiger partial charge in [0.15, 0.2) is 0 Å². The number of amides is 1. The first kappa shape index (κ1) is 20.7. The Balaban J connectivity index is 1.52. The molecule has 3 aromatic rings. The lowest BCUT2D eigenvalue weighted by atomic mass is 10.0. The molecule has 4 rings (SSSR count). The van der Waals surface area contributed by atoms with Crippen molar-refractivity contribution in [2.24, 2.45) is 0 Å². The minimum absolute atomic E-state index is 0.0637. The van der Waals surface area contributed by atoms with Crippen LogP contribution in [0.25, 0.3) is 22.4 Å². The number of fused-ring (bicyclic) bond motifs is 1. The molecule has 0 N–H and O–H groups in total. The zero-order valence-corrected chi connectivity index (χ0v) is 18.2. The van der Waals surface area contributed by atoms with Crippen LogP contribution in [-0.4, -0.2) is 39.4 Å². The number of hydrogen-bond donors (Lipinski definition) is 0. The molecule has 0 bridgehead atoms. The van der Waals surface area contributed by atoms with E-state index >= 15 is 0 Å². The van der Waals surface area contributed by atoms with Crippen LogP contribution in [0.1, 0.15) is 42.3 Å². The quantitative estimate of drug-likeness (QED) is 0.595. The van der Waals surface area contributed by atoms with Crippen LogP contribution in [0.15, 0.2) is 55.0 Å². The van der Waals surface area contributed by atoms with Crippen molar-refractivity contribution in [1.29, 1.82) is 0 Å². The first-order valence-electron chi connectivity index (χ1n) is 10.2. The minimum atomic E-state index is -0.514. The first-order chi connectivity index (χ1) is 14.7. The van der Waals surface area contributed by atoms with Gasteiger partial charge in [-0.15, -0.1) is 0 Å². The van der Waals surface area contributed by atoms with Gasteiger partial charge in [0.05, 0.1) is 12.1 Å². The van der Waals surface area contributed by atoms with E-state index in [0.29, 0.717) is 6.54 Å². The third kappa shape index (κ3) is 4.63. The van der Waals surface area contributed by atoms with E-state index in [1.165, 1.54) is 0 Å². The van der Waals surface area contributed by atoms with Crippen molar-refractivity contribution in [2.75, 3.05) is 7.05 Å². The third-order valence-corrected chi connectivity index (χ3v) is 5.05. The summed E-state index contributed by atoms with van der Waals surface area (Å²) >= 11 is 0. The van der Waals surface area contributed by atoms with Gasteiger partial charge in [0, 0.05) is 48.9 Å². The van der Waals surface area contributed by atoms with E-state index in [1.54, 1.807) is 17.3 Å². The lowest BCUT2D eigenvalue weighted by molar-refractivity contribution is -0.153. The summed E-state index contributed by atoms with van der Waals surface area (Å²) in [4.78, 5) is 34.8. The van der Waals surface area contributed by atoms with Crippen LogP contribution >= 0.6 is 0 Å². The maximum atomic E-state index is 12.1. The average molecular weight is 415 g/mol. The molecule has 0 spiro atoms. The molecule has 6 heteroatoms. The molecule has 1 aliphatic heterocycles. The Morgan fingerprint density at radius 1 is 1.03 bits per heavy atom. The summed E-state index contributed by atoms with van der Waals surface area (Å²) in [5.41, 5.74) is 5.69.